The van der Waals surface area contributed by atoms with Gasteiger partial charge in [-0.1, -0.05) is 0 Å². The molecule has 0 aromatic heterocycles. The van der Waals surface area contributed by atoms with E-state index >= 15 is 0 Å². The summed E-state index contributed by atoms with van der Waals surface area (Å²) in [6.45, 7) is -0.0501. The van der Waals surface area contributed by atoms with Gasteiger partial charge in [0.15, 0.2) is 23.9 Å². The van der Waals surface area contributed by atoms with E-state index in [0.29, 0.717) is 11.5 Å². The Morgan fingerprint density at radius 3 is 2.31 bits per heavy atom. The van der Waals surface area contributed by atoms with Gasteiger partial charge in [-0.25, -0.2) is 17.6 Å². The SMILES string of the molecule is COc1ccc(C(=O)COC(=O)c2ccc(F)c(S(=O)(=O)N3CCOCC3)c2)cc1OC. The first-order chi connectivity index (χ1) is 15.3. The standard InChI is InChI=1S/C21H22FNO8S/c1-28-18-6-4-14(11-19(18)29-2)17(24)13-31-21(25)15-3-5-16(22)20(12-15)32(26,27)23-7-9-30-10-8-23/h3-6,11-12H,7-10,13H2,1-2H3. The second-order valence-electron chi connectivity index (χ2n) is 6.73. The first kappa shape index (κ1) is 23.6. The van der Waals surface area contributed by atoms with Gasteiger partial charge in [0.05, 0.1) is 33.0 Å². The quantitative estimate of drug-likeness (QED) is 0.428. The van der Waals surface area contributed by atoms with Crippen molar-refractivity contribution in [3.63, 3.8) is 0 Å². The summed E-state index contributed by atoms with van der Waals surface area (Å²) in [5.74, 6) is -1.70. The molecule has 11 heteroatoms. The first-order valence-electron chi connectivity index (χ1n) is 9.57. The number of carbonyl (C=O) groups is 2. The largest absolute Gasteiger partial charge is 0.493 e. The molecule has 0 aliphatic carbocycles. The van der Waals surface area contributed by atoms with Crippen LogP contribution < -0.4 is 9.47 Å². The third-order valence-corrected chi connectivity index (χ3v) is 6.71. The maximum atomic E-state index is 14.3. The molecule has 32 heavy (non-hydrogen) atoms. The van der Waals surface area contributed by atoms with Crippen molar-refractivity contribution < 1.29 is 41.3 Å². The first-order valence-corrected chi connectivity index (χ1v) is 11.0. The van der Waals surface area contributed by atoms with Crippen LogP contribution in [-0.4, -0.2) is 71.6 Å². The van der Waals surface area contributed by atoms with Crippen molar-refractivity contribution in [1.82, 2.24) is 4.31 Å². The molecule has 2 aromatic carbocycles. The number of carbonyl (C=O) groups excluding carboxylic acids is 2. The van der Waals surface area contributed by atoms with Crippen LogP contribution in [0.5, 0.6) is 11.5 Å². The van der Waals surface area contributed by atoms with Crippen LogP contribution in [0.3, 0.4) is 0 Å². The molecule has 1 aliphatic heterocycles. The van der Waals surface area contributed by atoms with E-state index in [-0.39, 0.29) is 37.4 Å². The van der Waals surface area contributed by atoms with Crippen molar-refractivity contribution in [3.8, 4) is 11.5 Å². The van der Waals surface area contributed by atoms with Crippen molar-refractivity contribution in [2.24, 2.45) is 0 Å². The Morgan fingerprint density at radius 1 is 1.00 bits per heavy atom. The molecule has 1 heterocycles. The van der Waals surface area contributed by atoms with Crippen LogP contribution >= 0.6 is 0 Å². The van der Waals surface area contributed by atoms with E-state index in [4.69, 9.17) is 18.9 Å². The summed E-state index contributed by atoms with van der Waals surface area (Å²) in [5, 5.41) is 0. The highest BCUT2D eigenvalue weighted by Gasteiger charge is 2.30. The van der Waals surface area contributed by atoms with Crippen molar-refractivity contribution in [2.45, 2.75) is 4.90 Å². The van der Waals surface area contributed by atoms with E-state index in [0.717, 1.165) is 22.5 Å². The number of Topliss-reactive ketones (excluding diaryl/α,β-unsaturated/α-hetero) is 1. The Morgan fingerprint density at radius 2 is 1.66 bits per heavy atom. The Kier molecular flexibility index (Phi) is 7.44. The Bertz CT molecular complexity index is 1110. The molecule has 0 amide bonds. The summed E-state index contributed by atoms with van der Waals surface area (Å²) in [6, 6.07) is 7.35. The zero-order valence-electron chi connectivity index (χ0n) is 17.5. The molecular formula is C21H22FNO8S. The van der Waals surface area contributed by atoms with Crippen LogP contribution in [0.4, 0.5) is 4.39 Å². The van der Waals surface area contributed by atoms with E-state index in [1.54, 1.807) is 0 Å². The summed E-state index contributed by atoms with van der Waals surface area (Å²) in [7, 11) is -1.28. The number of hydrogen-bond donors (Lipinski definition) is 0. The van der Waals surface area contributed by atoms with Gasteiger partial charge in [-0.05, 0) is 36.4 Å². The maximum Gasteiger partial charge on any atom is 0.338 e. The second-order valence-corrected chi connectivity index (χ2v) is 8.64. The van der Waals surface area contributed by atoms with Gasteiger partial charge >= 0.3 is 5.97 Å². The van der Waals surface area contributed by atoms with Crippen molar-refractivity contribution in [3.05, 3.63) is 53.3 Å². The summed E-state index contributed by atoms with van der Waals surface area (Å²) in [5.41, 5.74) is 0.0310. The number of nitrogens with zero attached hydrogens (tertiary/aromatic N) is 1. The zero-order valence-corrected chi connectivity index (χ0v) is 18.3. The van der Waals surface area contributed by atoms with E-state index in [2.05, 4.69) is 0 Å². The lowest BCUT2D eigenvalue weighted by Crippen LogP contribution is -2.41. The van der Waals surface area contributed by atoms with Crippen molar-refractivity contribution >= 4 is 21.8 Å². The number of benzene rings is 2. The minimum absolute atomic E-state index is 0.0796. The molecule has 0 bridgehead atoms. The molecule has 2 aromatic rings. The average molecular weight is 467 g/mol. The topological polar surface area (TPSA) is 108 Å². The van der Waals surface area contributed by atoms with Crippen LogP contribution in [-0.2, 0) is 19.5 Å². The number of morpholine rings is 1. The molecule has 0 saturated carbocycles. The fourth-order valence-electron chi connectivity index (χ4n) is 3.06. The lowest BCUT2D eigenvalue weighted by molar-refractivity contribution is 0.0474. The number of methoxy groups -OCH3 is 2. The van der Waals surface area contributed by atoms with E-state index in [9.17, 15) is 22.4 Å². The number of esters is 1. The number of sulfonamides is 1. The highest BCUT2D eigenvalue weighted by molar-refractivity contribution is 7.89. The minimum Gasteiger partial charge on any atom is -0.493 e. The zero-order chi connectivity index (χ0) is 23.3. The molecule has 0 unspecified atom stereocenters. The molecule has 3 rings (SSSR count). The van der Waals surface area contributed by atoms with Crippen LogP contribution in [0.2, 0.25) is 0 Å². The number of rotatable bonds is 8. The molecule has 172 valence electrons. The van der Waals surface area contributed by atoms with E-state index in [1.165, 1.54) is 32.4 Å². The molecule has 9 nitrogen and oxygen atoms in total. The smallest absolute Gasteiger partial charge is 0.338 e. The fourth-order valence-corrected chi connectivity index (χ4v) is 4.56. The van der Waals surface area contributed by atoms with Gasteiger partial charge in [0.25, 0.3) is 0 Å². The van der Waals surface area contributed by atoms with Gasteiger partial charge in [-0.15, -0.1) is 0 Å². The van der Waals surface area contributed by atoms with Crippen LogP contribution in [0.1, 0.15) is 20.7 Å². The highest BCUT2D eigenvalue weighted by atomic mass is 32.2. The molecule has 0 radical (unpaired) electrons. The van der Waals surface area contributed by atoms with Crippen LogP contribution in [0, 0.1) is 5.82 Å². The molecule has 1 saturated heterocycles. The van der Waals surface area contributed by atoms with Crippen molar-refractivity contribution in [1.29, 1.82) is 0 Å². The molecule has 0 N–H and O–H groups in total. The second kappa shape index (κ2) is 10.1. The Hall–Kier alpha value is -3.02. The van der Waals surface area contributed by atoms with Gasteiger partial charge in [0, 0.05) is 18.7 Å². The van der Waals surface area contributed by atoms with Gasteiger partial charge in [-0.2, -0.15) is 4.31 Å². The summed E-state index contributed by atoms with van der Waals surface area (Å²) >= 11 is 0. The number of ketones is 1. The van der Waals surface area contributed by atoms with Crippen LogP contribution in [0.25, 0.3) is 0 Å². The lowest BCUT2D eigenvalue weighted by Gasteiger charge is -2.26. The molecular weight excluding hydrogens is 445 g/mol. The average Bonchev–Trinajstić information content (AvgIpc) is 2.82. The molecule has 0 atom stereocenters. The summed E-state index contributed by atoms with van der Waals surface area (Å²) < 4.78 is 61.3. The normalized spacial score (nSPS) is 14.6. The Labute approximate surface area is 184 Å². The summed E-state index contributed by atoms with van der Waals surface area (Å²) in [6.07, 6.45) is 0. The van der Waals surface area contributed by atoms with Gasteiger partial charge in [-0.3, -0.25) is 4.79 Å². The monoisotopic (exact) mass is 467 g/mol. The van der Waals surface area contributed by atoms with Crippen LogP contribution in [0.15, 0.2) is 41.3 Å². The maximum absolute atomic E-state index is 14.3. The molecule has 1 aliphatic rings. The van der Waals surface area contributed by atoms with Gasteiger partial charge in [0.2, 0.25) is 10.0 Å². The van der Waals surface area contributed by atoms with E-state index < -0.39 is 39.1 Å². The predicted molar refractivity (Wildman–Crippen MR) is 110 cm³/mol. The highest BCUT2D eigenvalue weighted by Crippen LogP contribution is 2.28. The summed E-state index contributed by atoms with van der Waals surface area (Å²) in [4.78, 5) is 24.1. The minimum atomic E-state index is -4.16. The fraction of sp³-hybridized carbons (Fsp3) is 0.333. The van der Waals surface area contributed by atoms with Gasteiger partial charge in [0.1, 0.15) is 10.7 Å². The van der Waals surface area contributed by atoms with Crippen molar-refractivity contribution in [2.75, 3.05) is 47.1 Å². The Balaban J connectivity index is 1.73. The third-order valence-electron chi connectivity index (χ3n) is 4.79. The predicted octanol–water partition coefficient (Wildman–Crippen LogP) is 1.90. The lowest BCUT2D eigenvalue weighted by atomic mass is 10.1. The number of ether oxygens (including phenoxy) is 4. The number of halogens is 1. The molecule has 0 spiro atoms. The van der Waals surface area contributed by atoms with Gasteiger partial charge < -0.3 is 18.9 Å². The third kappa shape index (κ3) is 5.06. The molecule has 1 fully saturated rings. The number of hydrogen-bond acceptors (Lipinski definition) is 8. The van der Waals surface area contributed by atoms with E-state index in [1.807, 2.05) is 0 Å².